The van der Waals surface area contributed by atoms with Gasteiger partial charge in [0.1, 0.15) is 6.61 Å². The molecule has 0 spiro atoms. The maximum atomic E-state index is 13.4. The number of rotatable bonds is 3. The van der Waals surface area contributed by atoms with E-state index in [-0.39, 0.29) is 35.4 Å². The Morgan fingerprint density at radius 2 is 2.04 bits per heavy atom. The number of aromatic nitrogens is 1. The van der Waals surface area contributed by atoms with Crippen LogP contribution in [0.5, 0.6) is 5.75 Å². The largest absolute Gasteiger partial charge is 0.483 e. The second-order valence-corrected chi connectivity index (χ2v) is 8.52. The highest BCUT2D eigenvalue weighted by molar-refractivity contribution is 9.10. The van der Waals surface area contributed by atoms with E-state index < -0.39 is 5.79 Å². The highest BCUT2D eigenvalue weighted by atomic mass is 79.9. The van der Waals surface area contributed by atoms with Gasteiger partial charge in [-0.15, -0.1) is 0 Å². The molecule has 4 heterocycles. The lowest BCUT2D eigenvalue weighted by molar-refractivity contribution is -0.00455. The van der Waals surface area contributed by atoms with Gasteiger partial charge in [0.05, 0.1) is 11.0 Å². The van der Waals surface area contributed by atoms with Gasteiger partial charge >= 0.3 is 0 Å². The summed E-state index contributed by atoms with van der Waals surface area (Å²) in [6, 6.07) is 9.87. The van der Waals surface area contributed by atoms with Crippen molar-refractivity contribution in [3.8, 4) is 5.75 Å². The number of carbonyl (C=O) groups excluding carboxylic acids is 1. The summed E-state index contributed by atoms with van der Waals surface area (Å²) in [6.45, 7) is 2.11. The fraction of sp³-hybridized carbons (Fsp3) is 0.400. The number of fused-ring (bicyclic) bond motifs is 4. The molecule has 0 bridgehead atoms. The fourth-order valence-corrected chi connectivity index (χ4v) is 5.11. The first kappa shape index (κ1) is 17.9. The van der Waals surface area contributed by atoms with Crippen LogP contribution in [-0.4, -0.2) is 45.2 Å². The van der Waals surface area contributed by atoms with Gasteiger partial charge in [0, 0.05) is 25.3 Å². The van der Waals surface area contributed by atoms with E-state index in [1.165, 1.54) is 0 Å². The number of hydrogen-bond acceptors (Lipinski definition) is 5. The Kier molecular flexibility index (Phi) is 4.12. The first-order chi connectivity index (χ1) is 13.5. The Morgan fingerprint density at radius 3 is 2.82 bits per heavy atom. The number of halogens is 1. The minimum atomic E-state index is -0.851. The molecule has 5 rings (SSSR count). The lowest BCUT2D eigenvalue weighted by Gasteiger charge is -2.44. The molecule has 1 aromatic carbocycles. The lowest BCUT2D eigenvalue weighted by atomic mass is 10.1. The van der Waals surface area contributed by atoms with Gasteiger partial charge in [-0.05, 0) is 34.3 Å². The molecular formula is C20H21BrN4O3. The number of ether oxygens (including phenoxy) is 1. The summed E-state index contributed by atoms with van der Waals surface area (Å²) >= 11 is 3.33. The van der Waals surface area contributed by atoms with E-state index in [2.05, 4.69) is 20.8 Å². The Balaban J connectivity index is 1.56. The van der Waals surface area contributed by atoms with Gasteiger partial charge in [0.2, 0.25) is 5.43 Å². The standard InChI is InChI=1S/C20H21BrN4O3/c21-15-10-23-12-20(22)24-8-4-7-14(24)9-25(20)19(27)16(23)18(17(15)26)28-11-13-5-2-1-3-6-13/h1-3,5-6,10,14H,4,7-9,11-12,22H2. The number of pyridine rings is 1. The number of hydrogen-bond donors (Lipinski definition) is 1. The van der Waals surface area contributed by atoms with Gasteiger partial charge in [-0.1, -0.05) is 30.3 Å². The zero-order valence-electron chi connectivity index (χ0n) is 15.3. The predicted molar refractivity (Wildman–Crippen MR) is 107 cm³/mol. The summed E-state index contributed by atoms with van der Waals surface area (Å²) in [5.74, 6) is -1.01. The van der Waals surface area contributed by atoms with E-state index in [1.807, 2.05) is 30.3 Å². The van der Waals surface area contributed by atoms with E-state index >= 15 is 0 Å². The van der Waals surface area contributed by atoms with Crippen LogP contribution in [0.1, 0.15) is 28.9 Å². The summed E-state index contributed by atoms with van der Waals surface area (Å²) in [5.41, 5.74) is 7.63. The van der Waals surface area contributed by atoms with Crippen molar-refractivity contribution in [2.75, 3.05) is 13.1 Å². The van der Waals surface area contributed by atoms with Crippen molar-refractivity contribution in [2.24, 2.45) is 5.73 Å². The highest BCUT2D eigenvalue weighted by Crippen LogP contribution is 2.40. The molecule has 1 aromatic heterocycles. The Bertz CT molecular complexity index is 1010. The van der Waals surface area contributed by atoms with Crippen LogP contribution in [0.25, 0.3) is 0 Å². The molecule has 0 radical (unpaired) electrons. The van der Waals surface area contributed by atoms with Gasteiger partial charge in [0.25, 0.3) is 5.91 Å². The average molecular weight is 445 g/mol. The van der Waals surface area contributed by atoms with Gasteiger partial charge < -0.3 is 14.2 Å². The van der Waals surface area contributed by atoms with Crippen LogP contribution in [-0.2, 0) is 13.2 Å². The van der Waals surface area contributed by atoms with Gasteiger partial charge in [-0.2, -0.15) is 0 Å². The maximum absolute atomic E-state index is 13.4. The molecule has 3 aliphatic heterocycles. The third kappa shape index (κ3) is 2.55. The molecule has 28 heavy (non-hydrogen) atoms. The van der Waals surface area contributed by atoms with Crippen molar-refractivity contribution in [1.29, 1.82) is 0 Å². The Hall–Kier alpha value is -2.16. The van der Waals surface area contributed by atoms with Crippen LogP contribution in [0.2, 0.25) is 0 Å². The molecule has 2 unspecified atom stereocenters. The minimum absolute atomic E-state index is 0.0809. The third-order valence-corrected chi connectivity index (χ3v) is 6.57. The second kappa shape index (κ2) is 6.43. The molecule has 1 amide bonds. The normalized spacial score (nSPS) is 26.1. The molecule has 7 nitrogen and oxygen atoms in total. The van der Waals surface area contributed by atoms with Crippen molar-refractivity contribution >= 4 is 21.8 Å². The summed E-state index contributed by atoms with van der Waals surface area (Å²) < 4.78 is 8.01. The van der Waals surface area contributed by atoms with E-state index in [9.17, 15) is 9.59 Å². The smallest absolute Gasteiger partial charge is 0.277 e. The molecule has 2 saturated heterocycles. The van der Waals surface area contributed by atoms with Crippen molar-refractivity contribution in [3.05, 3.63) is 62.5 Å². The molecule has 2 N–H and O–H groups in total. The lowest BCUT2D eigenvalue weighted by Crippen LogP contribution is -2.67. The zero-order valence-corrected chi connectivity index (χ0v) is 16.9. The van der Waals surface area contributed by atoms with Crippen molar-refractivity contribution in [3.63, 3.8) is 0 Å². The average Bonchev–Trinajstić information content (AvgIpc) is 3.25. The van der Waals surface area contributed by atoms with Crippen molar-refractivity contribution in [2.45, 2.75) is 37.8 Å². The predicted octanol–water partition coefficient (Wildman–Crippen LogP) is 1.74. The highest BCUT2D eigenvalue weighted by Gasteiger charge is 2.56. The Morgan fingerprint density at radius 1 is 1.25 bits per heavy atom. The zero-order chi connectivity index (χ0) is 19.5. The number of nitrogens with zero attached hydrogens (tertiary/aromatic N) is 3. The van der Waals surface area contributed by atoms with E-state index in [4.69, 9.17) is 10.5 Å². The summed E-state index contributed by atoms with van der Waals surface area (Å²) in [6.07, 6.45) is 3.79. The summed E-state index contributed by atoms with van der Waals surface area (Å²) in [7, 11) is 0. The molecule has 3 aliphatic rings. The maximum Gasteiger partial charge on any atom is 0.277 e. The van der Waals surface area contributed by atoms with Crippen LogP contribution in [0.4, 0.5) is 0 Å². The molecule has 2 aromatic rings. The first-order valence-corrected chi connectivity index (χ1v) is 10.3. The van der Waals surface area contributed by atoms with Crippen molar-refractivity contribution < 1.29 is 9.53 Å². The molecule has 2 fully saturated rings. The van der Waals surface area contributed by atoms with Crippen LogP contribution in [0.15, 0.2) is 45.8 Å². The molecule has 2 atom stereocenters. The topological polar surface area (TPSA) is 80.8 Å². The van der Waals surface area contributed by atoms with Crippen LogP contribution < -0.4 is 15.9 Å². The van der Waals surface area contributed by atoms with E-state index in [1.54, 1.807) is 15.7 Å². The summed E-state index contributed by atoms with van der Waals surface area (Å²) in [5, 5.41) is 0. The van der Waals surface area contributed by atoms with Crippen LogP contribution >= 0.6 is 15.9 Å². The quantitative estimate of drug-likeness (QED) is 0.779. The van der Waals surface area contributed by atoms with E-state index in [0.29, 0.717) is 17.6 Å². The number of benzene rings is 1. The number of carbonyl (C=O) groups is 1. The van der Waals surface area contributed by atoms with Gasteiger partial charge in [-0.25, -0.2) is 0 Å². The van der Waals surface area contributed by atoms with Gasteiger partial charge in [0.15, 0.2) is 17.2 Å². The number of amides is 1. The van der Waals surface area contributed by atoms with Crippen LogP contribution in [0, 0.1) is 0 Å². The first-order valence-electron chi connectivity index (χ1n) is 9.46. The monoisotopic (exact) mass is 444 g/mol. The molecular weight excluding hydrogens is 424 g/mol. The van der Waals surface area contributed by atoms with E-state index in [0.717, 1.165) is 24.9 Å². The molecule has 146 valence electrons. The SMILES string of the molecule is NC12Cn3cc(Br)c(=O)c(OCc4ccccc4)c3C(=O)N1CC1CCCN12. The second-order valence-electron chi connectivity index (χ2n) is 7.67. The molecule has 8 heteroatoms. The van der Waals surface area contributed by atoms with Crippen LogP contribution in [0.3, 0.4) is 0 Å². The fourth-order valence-electron chi connectivity index (χ4n) is 4.69. The Labute approximate surface area is 170 Å². The molecule has 0 aliphatic carbocycles. The van der Waals surface area contributed by atoms with Gasteiger partial charge in [-0.3, -0.25) is 20.2 Å². The van der Waals surface area contributed by atoms with Crippen molar-refractivity contribution in [1.82, 2.24) is 14.4 Å². The molecule has 0 saturated carbocycles. The third-order valence-electron chi connectivity index (χ3n) is 6.01. The number of nitrogens with two attached hydrogens (primary N) is 1. The summed E-state index contributed by atoms with van der Waals surface area (Å²) in [4.78, 5) is 30.1. The minimum Gasteiger partial charge on any atom is -0.483 e.